The summed E-state index contributed by atoms with van der Waals surface area (Å²) < 4.78 is 20.0. The van der Waals surface area contributed by atoms with Crippen LogP contribution in [0.3, 0.4) is 0 Å². The van der Waals surface area contributed by atoms with Gasteiger partial charge in [-0.05, 0) is 41.1 Å². The van der Waals surface area contributed by atoms with Gasteiger partial charge in [0, 0.05) is 23.5 Å². The molecule has 3 rings (SSSR count). The predicted octanol–water partition coefficient (Wildman–Crippen LogP) is 3.49. The molecule has 8 heteroatoms. The van der Waals surface area contributed by atoms with Gasteiger partial charge in [-0.2, -0.15) is 0 Å². The number of rotatable bonds is 4. The van der Waals surface area contributed by atoms with Crippen molar-refractivity contribution in [2.24, 2.45) is 0 Å². The minimum Gasteiger partial charge on any atom is -0.467 e. The molecule has 2 heterocycles. The molecule has 1 atom stereocenters. The zero-order chi connectivity index (χ0) is 16.4. The van der Waals surface area contributed by atoms with Gasteiger partial charge < -0.3 is 15.5 Å². The highest BCUT2D eigenvalue weighted by molar-refractivity contribution is 9.10. The summed E-state index contributed by atoms with van der Waals surface area (Å²) in [5, 5.41) is 0. The first-order chi connectivity index (χ1) is 11.0. The van der Waals surface area contributed by atoms with Gasteiger partial charge in [0.15, 0.2) is 5.82 Å². The lowest BCUT2D eigenvalue weighted by molar-refractivity contribution is 0.218. The first kappa shape index (κ1) is 15.4. The van der Waals surface area contributed by atoms with Crippen LogP contribution in [0.4, 0.5) is 10.2 Å². The van der Waals surface area contributed by atoms with Gasteiger partial charge in [-0.1, -0.05) is 0 Å². The first-order valence-corrected chi connectivity index (χ1v) is 7.58. The maximum absolute atomic E-state index is 13.7. The van der Waals surface area contributed by atoms with Gasteiger partial charge >= 0.3 is 0 Å². The van der Waals surface area contributed by atoms with Gasteiger partial charge in [-0.15, -0.1) is 0 Å². The minimum absolute atomic E-state index is 0.163. The van der Waals surface area contributed by atoms with E-state index in [4.69, 9.17) is 10.5 Å². The molecule has 1 unspecified atom stereocenters. The van der Waals surface area contributed by atoms with E-state index in [1.165, 1.54) is 18.3 Å². The van der Waals surface area contributed by atoms with Gasteiger partial charge in [-0.3, -0.25) is 0 Å². The number of benzene rings is 1. The molecule has 0 fully saturated rings. The van der Waals surface area contributed by atoms with Crippen molar-refractivity contribution in [3.05, 3.63) is 52.8 Å². The van der Waals surface area contributed by atoms with Crippen LogP contribution in [0.5, 0.6) is 5.88 Å². The highest BCUT2D eigenvalue weighted by Gasteiger charge is 2.18. The largest absolute Gasteiger partial charge is 0.467 e. The molecule has 0 aliphatic heterocycles. The lowest BCUT2D eigenvalue weighted by Crippen LogP contribution is -2.09. The number of hydrogen-bond donors (Lipinski definition) is 2. The zero-order valence-electron chi connectivity index (χ0n) is 12.1. The lowest BCUT2D eigenvalue weighted by Gasteiger charge is -2.18. The lowest BCUT2D eigenvalue weighted by atomic mass is 10.0. The van der Waals surface area contributed by atoms with Crippen LogP contribution in [0.15, 0.2) is 41.4 Å². The van der Waals surface area contributed by atoms with E-state index in [9.17, 15) is 4.39 Å². The number of imidazole rings is 1. The number of anilines is 1. The Balaban J connectivity index is 1.97. The minimum atomic E-state index is -0.503. The van der Waals surface area contributed by atoms with Crippen LogP contribution in [0.1, 0.15) is 18.6 Å². The van der Waals surface area contributed by atoms with Crippen molar-refractivity contribution in [2.75, 3.05) is 5.73 Å². The van der Waals surface area contributed by atoms with E-state index in [-0.39, 0.29) is 17.5 Å². The summed E-state index contributed by atoms with van der Waals surface area (Å²) in [5.41, 5.74) is 7.13. The summed E-state index contributed by atoms with van der Waals surface area (Å²) in [4.78, 5) is 15.3. The fourth-order valence-corrected chi connectivity index (χ4v) is 2.44. The summed E-state index contributed by atoms with van der Waals surface area (Å²) in [5.74, 6) is 0.611. The van der Waals surface area contributed by atoms with E-state index < -0.39 is 6.10 Å². The van der Waals surface area contributed by atoms with Crippen molar-refractivity contribution in [3.8, 4) is 17.3 Å². The normalized spacial score (nSPS) is 12.1. The number of aromatic nitrogens is 4. The summed E-state index contributed by atoms with van der Waals surface area (Å²) in [7, 11) is 0. The number of nitrogens with zero attached hydrogens (tertiary/aromatic N) is 3. The van der Waals surface area contributed by atoms with E-state index >= 15 is 0 Å². The second-order valence-corrected chi connectivity index (χ2v) is 5.63. The first-order valence-electron chi connectivity index (χ1n) is 6.78. The number of nitrogens with two attached hydrogens (primary N) is 1. The Hall–Kier alpha value is -2.48. The van der Waals surface area contributed by atoms with Gasteiger partial charge in [0.1, 0.15) is 22.3 Å². The van der Waals surface area contributed by atoms with Crippen molar-refractivity contribution in [1.29, 1.82) is 0 Å². The molecule has 0 saturated carbocycles. The van der Waals surface area contributed by atoms with E-state index in [0.717, 1.165) is 5.56 Å². The second-order valence-electron chi connectivity index (χ2n) is 4.81. The summed E-state index contributed by atoms with van der Waals surface area (Å²) >= 11 is 3.22. The third kappa shape index (κ3) is 3.31. The summed E-state index contributed by atoms with van der Waals surface area (Å²) in [6.45, 7) is 1.78. The molecule has 0 aliphatic carbocycles. The molecule has 118 valence electrons. The number of hydrogen-bond acceptors (Lipinski definition) is 5. The van der Waals surface area contributed by atoms with Crippen molar-refractivity contribution in [3.63, 3.8) is 0 Å². The van der Waals surface area contributed by atoms with E-state index in [0.29, 0.717) is 16.0 Å². The maximum atomic E-state index is 13.7. The highest BCUT2D eigenvalue weighted by atomic mass is 79.9. The topological polar surface area (TPSA) is 89.7 Å². The zero-order valence-corrected chi connectivity index (χ0v) is 13.7. The Morgan fingerprint density at radius 1 is 1.35 bits per heavy atom. The molecule has 3 N–H and O–H groups in total. The van der Waals surface area contributed by atoms with Gasteiger partial charge in [0.25, 0.3) is 5.88 Å². The third-order valence-corrected chi connectivity index (χ3v) is 3.61. The smallest absolute Gasteiger partial charge is 0.258 e. The molecule has 6 nitrogen and oxygen atoms in total. The molecule has 0 amide bonds. The van der Waals surface area contributed by atoms with Crippen LogP contribution in [-0.4, -0.2) is 19.9 Å². The molecule has 3 aromatic rings. The Kier molecular flexibility index (Phi) is 4.24. The molecular formula is C15H13BrFN5O. The monoisotopic (exact) mass is 377 g/mol. The van der Waals surface area contributed by atoms with Gasteiger partial charge in [0.05, 0.1) is 6.20 Å². The average molecular weight is 378 g/mol. The molecular weight excluding hydrogens is 365 g/mol. The van der Waals surface area contributed by atoms with E-state index in [1.54, 1.807) is 25.4 Å². The van der Waals surface area contributed by atoms with Crippen LogP contribution in [0, 0.1) is 5.82 Å². The molecule has 0 bridgehead atoms. The van der Waals surface area contributed by atoms with Crippen LogP contribution < -0.4 is 10.5 Å². The molecule has 0 aliphatic rings. The molecule has 1 aromatic carbocycles. The fourth-order valence-electron chi connectivity index (χ4n) is 2.18. The maximum Gasteiger partial charge on any atom is 0.258 e. The SMILES string of the molecule is CC(Oc1nc(Br)cnc1N)c1cc(F)ccc1-c1ncc[nH]1. The van der Waals surface area contributed by atoms with Crippen molar-refractivity contribution < 1.29 is 9.13 Å². The fraction of sp³-hybridized carbons (Fsp3) is 0.133. The molecule has 23 heavy (non-hydrogen) atoms. The molecule has 0 saturated heterocycles. The molecule has 2 aromatic heterocycles. The number of nitrogen functional groups attached to an aromatic ring is 1. The van der Waals surface area contributed by atoms with Crippen LogP contribution in [0.2, 0.25) is 0 Å². The standard InChI is InChI=1S/C15H13BrFN5O/c1-8(23-15-13(18)21-7-12(16)22-15)11-6-9(17)2-3-10(11)14-19-4-5-20-14/h2-8H,1H3,(H2,18,21)(H,19,20). The molecule has 0 spiro atoms. The van der Waals surface area contributed by atoms with Crippen molar-refractivity contribution in [1.82, 2.24) is 19.9 Å². The Morgan fingerprint density at radius 2 is 2.17 bits per heavy atom. The summed E-state index contributed by atoms with van der Waals surface area (Å²) in [6.07, 6.45) is 4.30. The second kappa shape index (κ2) is 6.33. The third-order valence-electron chi connectivity index (χ3n) is 3.23. The van der Waals surface area contributed by atoms with Crippen LogP contribution in [0.25, 0.3) is 11.4 Å². The quantitative estimate of drug-likeness (QED) is 0.726. The average Bonchev–Trinajstić information content (AvgIpc) is 3.05. The van der Waals surface area contributed by atoms with Crippen LogP contribution >= 0.6 is 15.9 Å². The number of halogens is 2. The number of ether oxygens (including phenoxy) is 1. The van der Waals surface area contributed by atoms with E-state index in [1.807, 2.05) is 0 Å². The van der Waals surface area contributed by atoms with Gasteiger partial charge in [-0.25, -0.2) is 19.3 Å². The Morgan fingerprint density at radius 3 is 2.91 bits per heavy atom. The van der Waals surface area contributed by atoms with Gasteiger partial charge in [0.2, 0.25) is 0 Å². The number of H-pyrrole nitrogens is 1. The number of nitrogens with one attached hydrogen (secondary N) is 1. The van der Waals surface area contributed by atoms with E-state index in [2.05, 4.69) is 35.9 Å². The van der Waals surface area contributed by atoms with Crippen molar-refractivity contribution >= 4 is 21.7 Å². The Labute approximate surface area is 140 Å². The number of aromatic amines is 1. The predicted molar refractivity (Wildman–Crippen MR) is 87.2 cm³/mol. The highest BCUT2D eigenvalue weighted by Crippen LogP contribution is 2.31. The molecule has 0 radical (unpaired) electrons. The van der Waals surface area contributed by atoms with Crippen LogP contribution in [-0.2, 0) is 0 Å². The van der Waals surface area contributed by atoms with Crippen molar-refractivity contribution in [2.45, 2.75) is 13.0 Å². The summed E-state index contributed by atoms with van der Waals surface area (Å²) in [6, 6.07) is 4.44. The Bertz CT molecular complexity index is 825.